The number of carbonyl (C=O) groups is 1. The Labute approximate surface area is 242 Å². The normalized spacial score (nSPS) is 12.0. The summed E-state index contributed by atoms with van der Waals surface area (Å²) in [5.41, 5.74) is 13.9. The first-order chi connectivity index (χ1) is 20.1. The molecule has 0 aliphatic carbocycles. The van der Waals surface area contributed by atoms with Crippen molar-refractivity contribution >= 4 is 17.3 Å². The molecule has 0 saturated heterocycles. The number of anilines is 2. The van der Waals surface area contributed by atoms with E-state index in [9.17, 15) is 4.79 Å². The van der Waals surface area contributed by atoms with E-state index < -0.39 is 5.97 Å². The summed E-state index contributed by atoms with van der Waals surface area (Å²) in [5, 5.41) is 3.43. The molecule has 0 spiro atoms. The van der Waals surface area contributed by atoms with Gasteiger partial charge in [-0.1, -0.05) is 35.4 Å². The second-order valence-corrected chi connectivity index (χ2v) is 9.61. The minimum absolute atomic E-state index is 0.102. The third kappa shape index (κ3) is 6.76. The largest absolute Gasteiger partial charge is 0.460 e. The van der Waals surface area contributed by atoms with Gasteiger partial charge in [0.05, 0.1) is 18.8 Å². The second kappa shape index (κ2) is 14.4. The van der Waals surface area contributed by atoms with Crippen LogP contribution < -0.4 is 14.5 Å². The molecule has 3 aromatic rings. The minimum Gasteiger partial charge on any atom is -0.460 e. The van der Waals surface area contributed by atoms with Crippen LogP contribution in [0.15, 0.2) is 65.8 Å². The standard InChI is InChI=1S/C32H39N5O4/c1-5-36(6-2)23-13-15-27-29(21-23)41-30-22-24(37(7-3)8-4)14-16-28(30)31(27)25-11-9-10-12-26(25)32(38)40-20-19-39-18-17-34-35-33/h9-16,21-22,31H,5-8,17-20H2,1-4H3. The molecule has 4 rings (SSSR count). The van der Waals surface area contributed by atoms with Gasteiger partial charge in [-0.05, 0) is 57.0 Å². The zero-order valence-corrected chi connectivity index (χ0v) is 24.4. The SMILES string of the molecule is CCN(CC)c1ccc2c(c1)Oc1cc(N(CC)CC)ccc1C2c1ccccc1C(=O)OCCOCCN=[N+]=[N-]. The molecule has 9 nitrogen and oxygen atoms in total. The number of azide groups is 1. The predicted molar refractivity (Wildman–Crippen MR) is 163 cm³/mol. The molecule has 3 aromatic carbocycles. The van der Waals surface area contributed by atoms with Crippen molar-refractivity contribution in [3.05, 3.63) is 93.4 Å². The number of rotatable bonds is 14. The van der Waals surface area contributed by atoms with Crippen LogP contribution >= 0.6 is 0 Å². The molecule has 216 valence electrons. The van der Waals surface area contributed by atoms with Gasteiger partial charge in [0.15, 0.2) is 0 Å². The molecular formula is C32H39N5O4. The fourth-order valence-corrected chi connectivity index (χ4v) is 5.35. The molecule has 0 atom stereocenters. The van der Waals surface area contributed by atoms with Crippen LogP contribution in [-0.2, 0) is 9.47 Å². The van der Waals surface area contributed by atoms with Crippen molar-refractivity contribution in [1.82, 2.24) is 0 Å². The van der Waals surface area contributed by atoms with Crippen molar-refractivity contribution in [3.8, 4) is 11.5 Å². The van der Waals surface area contributed by atoms with E-state index in [1.54, 1.807) is 0 Å². The smallest absolute Gasteiger partial charge is 0.338 e. The number of carbonyl (C=O) groups excluding carboxylic acids is 1. The summed E-state index contributed by atoms with van der Waals surface area (Å²) in [7, 11) is 0. The molecule has 0 amide bonds. The van der Waals surface area contributed by atoms with Crippen molar-refractivity contribution in [3.63, 3.8) is 0 Å². The Morgan fingerprint density at radius 2 is 1.41 bits per heavy atom. The topological polar surface area (TPSA) is 100 Å². The molecular weight excluding hydrogens is 518 g/mol. The Morgan fingerprint density at radius 1 is 0.829 bits per heavy atom. The quantitative estimate of drug-likeness (QED) is 0.0537. The van der Waals surface area contributed by atoms with E-state index in [0.717, 1.165) is 65.7 Å². The number of hydrogen-bond acceptors (Lipinski definition) is 7. The molecule has 0 bridgehead atoms. The highest BCUT2D eigenvalue weighted by Crippen LogP contribution is 2.50. The lowest BCUT2D eigenvalue weighted by molar-refractivity contribution is 0.0327. The van der Waals surface area contributed by atoms with E-state index in [4.69, 9.17) is 19.7 Å². The third-order valence-corrected chi connectivity index (χ3v) is 7.44. The number of fused-ring (bicyclic) bond motifs is 2. The number of hydrogen-bond donors (Lipinski definition) is 0. The predicted octanol–water partition coefficient (Wildman–Crippen LogP) is 7.15. The summed E-state index contributed by atoms with van der Waals surface area (Å²) < 4.78 is 17.6. The van der Waals surface area contributed by atoms with Gasteiger partial charge in [0.2, 0.25) is 0 Å². The van der Waals surface area contributed by atoms with Crippen LogP contribution in [0.5, 0.6) is 11.5 Å². The molecule has 0 aromatic heterocycles. The van der Waals surface area contributed by atoms with Gasteiger partial charge in [0.25, 0.3) is 0 Å². The van der Waals surface area contributed by atoms with Gasteiger partial charge in [0, 0.05) is 78.2 Å². The average Bonchev–Trinajstić information content (AvgIpc) is 3.00. The maximum absolute atomic E-state index is 13.3. The lowest BCUT2D eigenvalue weighted by Crippen LogP contribution is -2.23. The van der Waals surface area contributed by atoms with Gasteiger partial charge in [-0.3, -0.25) is 0 Å². The molecule has 0 fully saturated rings. The Bertz CT molecular complexity index is 1320. The first-order valence-electron chi connectivity index (χ1n) is 14.4. The molecule has 41 heavy (non-hydrogen) atoms. The van der Waals surface area contributed by atoms with Crippen molar-refractivity contribution < 1.29 is 19.0 Å². The van der Waals surface area contributed by atoms with Gasteiger partial charge in [-0.15, -0.1) is 0 Å². The van der Waals surface area contributed by atoms with Crippen molar-refractivity contribution in [2.75, 3.05) is 62.3 Å². The number of esters is 1. The first kappa shape index (κ1) is 29.8. The van der Waals surface area contributed by atoms with Crippen molar-refractivity contribution in [1.29, 1.82) is 0 Å². The van der Waals surface area contributed by atoms with E-state index in [2.05, 4.69) is 83.9 Å². The summed E-state index contributed by atoms with van der Waals surface area (Å²) in [6.07, 6.45) is 0. The van der Waals surface area contributed by atoms with E-state index in [-0.39, 0.29) is 32.3 Å². The minimum atomic E-state index is -0.409. The van der Waals surface area contributed by atoms with Gasteiger partial charge in [0.1, 0.15) is 18.1 Å². The van der Waals surface area contributed by atoms with Crippen LogP contribution in [0.3, 0.4) is 0 Å². The van der Waals surface area contributed by atoms with E-state index in [1.807, 2.05) is 24.3 Å². The van der Waals surface area contributed by atoms with Gasteiger partial charge in [-0.25, -0.2) is 4.79 Å². The van der Waals surface area contributed by atoms with E-state index >= 15 is 0 Å². The number of ether oxygens (including phenoxy) is 3. The molecule has 9 heteroatoms. The molecule has 1 aliphatic rings. The maximum Gasteiger partial charge on any atom is 0.338 e. The Hall–Kier alpha value is -4.20. The van der Waals surface area contributed by atoms with Crippen LogP contribution in [0.4, 0.5) is 11.4 Å². The van der Waals surface area contributed by atoms with E-state index in [0.29, 0.717) is 5.56 Å². The highest BCUT2D eigenvalue weighted by atomic mass is 16.6. The van der Waals surface area contributed by atoms with Gasteiger partial charge < -0.3 is 24.0 Å². The molecule has 0 unspecified atom stereocenters. The summed E-state index contributed by atoms with van der Waals surface area (Å²) in [5.74, 6) is 0.961. The maximum atomic E-state index is 13.3. The first-order valence-corrected chi connectivity index (χ1v) is 14.4. The van der Waals surface area contributed by atoms with Crippen LogP contribution in [0.25, 0.3) is 10.4 Å². The van der Waals surface area contributed by atoms with Crippen LogP contribution in [0.2, 0.25) is 0 Å². The van der Waals surface area contributed by atoms with E-state index in [1.165, 1.54) is 0 Å². The molecule has 1 aliphatic heterocycles. The molecule has 0 saturated carbocycles. The number of nitrogens with zero attached hydrogens (tertiary/aromatic N) is 5. The lowest BCUT2D eigenvalue weighted by atomic mass is 9.80. The third-order valence-electron chi connectivity index (χ3n) is 7.44. The second-order valence-electron chi connectivity index (χ2n) is 9.61. The summed E-state index contributed by atoms with van der Waals surface area (Å²) in [6, 6.07) is 20.3. The average molecular weight is 558 g/mol. The van der Waals surface area contributed by atoms with Crippen LogP contribution in [0, 0.1) is 0 Å². The van der Waals surface area contributed by atoms with Crippen molar-refractivity contribution in [2.45, 2.75) is 33.6 Å². The summed E-state index contributed by atoms with van der Waals surface area (Å²) in [6.45, 7) is 13.0. The number of benzene rings is 3. The highest BCUT2D eigenvalue weighted by Gasteiger charge is 2.32. The summed E-state index contributed by atoms with van der Waals surface area (Å²) >= 11 is 0. The lowest BCUT2D eigenvalue weighted by Gasteiger charge is -2.32. The highest BCUT2D eigenvalue weighted by molar-refractivity contribution is 5.92. The summed E-state index contributed by atoms with van der Waals surface area (Å²) in [4.78, 5) is 20.6. The fraction of sp³-hybridized carbons (Fsp3) is 0.406. The molecule has 0 radical (unpaired) electrons. The Morgan fingerprint density at radius 3 is 1.98 bits per heavy atom. The van der Waals surface area contributed by atoms with Crippen LogP contribution in [-0.4, -0.2) is 58.5 Å². The van der Waals surface area contributed by atoms with Gasteiger partial charge >= 0.3 is 5.97 Å². The Balaban J connectivity index is 1.72. The fourth-order valence-electron chi connectivity index (χ4n) is 5.35. The zero-order chi connectivity index (χ0) is 29.2. The monoisotopic (exact) mass is 557 g/mol. The van der Waals surface area contributed by atoms with Crippen molar-refractivity contribution in [2.24, 2.45) is 5.11 Å². The van der Waals surface area contributed by atoms with Crippen LogP contribution in [0.1, 0.15) is 60.7 Å². The molecule has 1 heterocycles. The Kier molecular flexibility index (Phi) is 10.5. The molecule has 0 N–H and O–H groups in total. The zero-order valence-electron chi connectivity index (χ0n) is 24.4. The van der Waals surface area contributed by atoms with Gasteiger partial charge in [-0.2, -0.15) is 0 Å².